The summed E-state index contributed by atoms with van der Waals surface area (Å²) >= 11 is 0. The molecule has 0 unspecified atom stereocenters. The first-order valence-corrected chi connectivity index (χ1v) is 5.52. The highest BCUT2D eigenvalue weighted by Crippen LogP contribution is 2.13. The highest BCUT2D eigenvalue weighted by molar-refractivity contribution is 5.41. The first-order chi connectivity index (χ1) is 7.38. The lowest BCUT2D eigenvalue weighted by Gasteiger charge is -2.25. The molecule has 0 amide bonds. The number of rotatable bonds is 3. The fourth-order valence-electron chi connectivity index (χ4n) is 2.00. The van der Waals surface area contributed by atoms with Gasteiger partial charge in [-0.3, -0.25) is 15.7 Å². The largest absolute Gasteiger partial charge is 0.324 e. The number of pyridine rings is 1. The van der Waals surface area contributed by atoms with Crippen molar-refractivity contribution >= 4 is 5.69 Å². The van der Waals surface area contributed by atoms with Crippen molar-refractivity contribution < 1.29 is 0 Å². The fraction of sp³-hybridized carbons (Fsp3) is 0.545. The van der Waals surface area contributed by atoms with Crippen molar-refractivity contribution in [3.8, 4) is 0 Å². The number of anilines is 1. The Bertz CT molecular complexity index is 307. The molecule has 0 bridgehead atoms. The average molecular weight is 206 g/mol. The summed E-state index contributed by atoms with van der Waals surface area (Å²) in [5, 5.41) is 0. The number of nitrogen functional groups attached to an aromatic ring is 1. The van der Waals surface area contributed by atoms with Crippen LogP contribution in [0.3, 0.4) is 0 Å². The summed E-state index contributed by atoms with van der Waals surface area (Å²) in [6.45, 7) is 3.33. The smallest absolute Gasteiger partial charge is 0.0564 e. The van der Waals surface area contributed by atoms with Crippen LogP contribution in [0.2, 0.25) is 0 Å². The molecule has 2 rings (SSSR count). The molecule has 2 heterocycles. The van der Waals surface area contributed by atoms with Gasteiger partial charge in [-0.05, 0) is 38.1 Å². The molecule has 3 N–H and O–H groups in total. The van der Waals surface area contributed by atoms with E-state index in [4.69, 9.17) is 5.84 Å². The molecule has 15 heavy (non-hydrogen) atoms. The number of hydrogen-bond acceptors (Lipinski definition) is 4. The van der Waals surface area contributed by atoms with E-state index in [1.807, 2.05) is 12.1 Å². The maximum atomic E-state index is 5.36. The lowest BCUT2D eigenvalue weighted by Crippen LogP contribution is -2.29. The second kappa shape index (κ2) is 5.09. The van der Waals surface area contributed by atoms with Gasteiger partial charge in [0, 0.05) is 12.7 Å². The van der Waals surface area contributed by atoms with Gasteiger partial charge in [0.15, 0.2) is 0 Å². The van der Waals surface area contributed by atoms with Gasteiger partial charge < -0.3 is 5.43 Å². The number of nitrogens with zero attached hydrogens (tertiary/aromatic N) is 2. The molecule has 1 fully saturated rings. The molecule has 0 aromatic carbocycles. The van der Waals surface area contributed by atoms with Gasteiger partial charge in [0.25, 0.3) is 0 Å². The summed E-state index contributed by atoms with van der Waals surface area (Å²) in [6, 6.07) is 3.88. The molecule has 0 spiro atoms. The molecule has 1 aliphatic rings. The third-order valence-electron chi connectivity index (χ3n) is 2.82. The number of hydrazine groups is 1. The monoisotopic (exact) mass is 206 g/mol. The first-order valence-electron chi connectivity index (χ1n) is 5.52. The van der Waals surface area contributed by atoms with Crippen LogP contribution in [0.4, 0.5) is 5.69 Å². The predicted octanol–water partition coefficient (Wildman–Crippen LogP) is 1.35. The Morgan fingerprint density at radius 3 is 2.87 bits per heavy atom. The van der Waals surface area contributed by atoms with Gasteiger partial charge in [-0.15, -0.1) is 0 Å². The van der Waals surface area contributed by atoms with Crippen molar-refractivity contribution in [1.29, 1.82) is 0 Å². The molecule has 0 radical (unpaired) electrons. The van der Waals surface area contributed by atoms with Crippen molar-refractivity contribution in [3.05, 3.63) is 24.0 Å². The van der Waals surface area contributed by atoms with Gasteiger partial charge in [0.2, 0.25) is 0 Å². The van der Waals surface area contributed by atoms with Crippen LogP contribution in [0.5, 0.6) is 0 Å². The van der Waals surface area contributed by atoms with Gasteiger partial charge in [-0.25, -0.2) is 0 Å². The summed E-state index contributed by atoms with van der Waals surface area (Å²) in [5.74, 6) is 5.36. The average Bonchev–Trinajstić information content (AvgIpc) is 2.31. The lowest BCUT2D eigenvalue weighted by atomic mass is 10.1. The maximum absolute atomic E-state index is 5.36. The Morgan fingerprint density at radius 2 is 2.13 bits per heavy atom. The predicted molar refractivity (Wildman–Crippen MR) is 61.2 cm³/mol. The Labute approximate surface area is 90.5 Å². The van der Waals surface area contributed by atoms with Crippen LogP contribution in [0.1, 0.15) is 25.0 Å². The topological polar surface area (TPSA) is 54.2 Å². The zero-order valence-electron chi connectivity index (χ0n) is 8.95. The van der Waals surface area contributed by atoms with Gasteiger partial charge in [-0.1, -0.05) is 6.42 Å². The molecular formula is C11H18N4. The van der Waals surface area contributed by atoms with Gasteiger partial charge in [0.05, 0.1) is 11.4 Å². The molecule has 1 aliphatic heterocycles. The Balaban J connectivity index is 1.96. The summed E-state index contributed by atoms with van der Waals surface area (Å²) in [6.07, 6.45) is 5.80. The third-order valence-corrected chi connectivity index (χ3v) is 2.82. The normalized spacial score (nSPS) is 17.7. The van der Waals surface area contributed by atoms with E-state index in [0.717, 1.165) is 17.9 Å². The van der Waals surface area contributed by atoms with E-state index in [1.54, 1.807) is 6.20 Å². The first kappa shape index (κ1) is 10.4. The van der Waals surface area contributed by atoms with Crippen molar-refractivity contribution in [2.75, 3.05) is 18.5 Å². The molecule has 4 heteroatoms. The quantitative estimate of drug-likeness (QED) is 0.579. The minimum Gasteiger partial charge on any atom is -0.324 e. The molecular weight excluding hydrogens is 188 g/mol. The minimum atomic E-state index is 0.928. The van der Waals surface area contributed by atoms with E-state index in [-0.39, 0.29) is 0 Å². The fourth-order valence-corrected chi connectivity index (χ4v) is 2.00. The summed E-state index contributed by atoms with van der Waals surface area (Å²) < 4.78 is 0. The molecule has 4 nitrogen and oxygen atoms in total. The van der Waals surface area contributed by atoms with Crippen LogP contribution in [0.25, 0.3) is 0 Å². The molecule has 1 saturated heterocycles. The van der Waals surface area contributed by atoms with Crippen LogP contribution in [-0.2, 0) is 6.54 Å². The van der Waals surface area contributed by atoms with E-state index in [2.05, 4.69) is 15.3 Å². The van der Waals surface area contributed by atoms with E-state index in [9.17, 15) is 0 Å². The van der Waals surface area contributed by atoms with E-state index in [0.29, 0.717) is 0 Å². The van der Waals surface area contributed by atoms with Crippen LogP contribution < -0.4 is 11.3 Å². The van der Waals surface area contributed by atoms with E-state index in [1.165, 1.54) is 32.4 Å². The van der Waals surface area contributed by atoms with Crippen LogP contribution in [0, 0.1) is 0 Å². The number of piperidine rings is 1. The van der Waals surface area contributed by atoms with Gasteiger partial charge in [-0.2, -0.15) is 0 Å². The maximum Gasteiger partial charge on any atom is 0.0564 e. The van der Waals surface area contributed by atoms with Crippen molar-refractivity contribution in [2.45, 2.75) is 25.8 Å². The molecule has 0 aliphatic carbocycles. The third kappa shape index (κ3) is 2.91. The van der Waals surface area contributed by atoms with Crippen molar-refractivity contribution in [3.63, 3.8) is 0 Å². The number of aromatic nitrogens is 1. The summed E-state index contributed by atoms with van der Waals surface area (Å²) in [5.41, 5.74) is 4.66. The Morgan fingerprint density at radius 1 is 1.33 bits per heavy atom. The second-order valence-electron chi connectivity index (χ2n) is 4.02. The highest BCUT2D eigenvalue weighted by Gasteiger charge is 2.10. The van der Waals surface area contributed by atoms with Gasteiger partial charge in [0.1, 0.15) is 0 Å². The number of nitrogens with one attached hydrogen (secondary N) is 1. The molecule has 0 saturated carbocycles. The van der Waals surface area contributed by atoms with Gasteiger partial charge >= 0.3 is 0 Å². The van der Waals surface area contributed by atoms with Crippen LogP contribution in [-0.4, -0.2) is 23.0 Å². The standard InChI is InChI=1S/C11H18N4/c12-14-10-4-5-13-11(8-10)9-15-6-2-1-3-7-15/h4-5,8H,1-3,6-7,9,12H2,(H,13,14). The number of nitrogens with two attached hydrogens (primary N) is 1. The molecule has 1 aromatic rings. The molecule has 1 aromatic heterocycles. The summed E-state index contributed by atoms with van der Waals surface area (Å²) in [7, 11) is 0. The van der Waals surface area contributed by atoms with E-state index >= 15 is 0 Å². The Kier molecular flexibility index (Phi) is 3.53. The minimum absolute atomic E-state index is 0.928. The Hall–Kier alpha value is -1.13. The second-order valence-corrected chi connectivity index (χ2v) is 4.02. The van der Waals surface area contributed by atoms with Crippen molar-refractivity contribution in [1.82, 2.24) is 9.88 Å². The van der Waals surface area contributed by atoms with Crippen molar-refractivity contribution in [2.24, 2.45) is 5.84 Å². The number of hydrogen-bond donors (Lipinski definition) is 2. The number of likely N-dealkylation sites (tertiary alicyclic amines) is 1. The zero-order chi connectivity index (χ0) is 10.5. The van der Waals surface area contributed by atoms with E-state index < -0.39 is 0 Å². The highest BCUT2D eigenvalue weighted by atomic mass is 15.2. The SMILES string of the molecule is NNc1ccnc(CN2CCCCC2)c1. The summed E-state index contributed by atoms with van der Waals surface area (Å²) in [4.78, 5) is 6.79. The molecule has 82 valence electrons. The van der Waals surface area contributed by atoms with Crippen LogP contribution in [0.15, 0.2) is 18.3 Å². The lowest BCUT2D eigenvalue weighted by molar-refractivity contribution is 0.218. The zero-order valence-corrected chi connectivity index (χ0v) is 8.95. The van der Waals surface area contributed by atoms with Crippen LogP contribution >= 0.6 is 0 Å². The molecule has 0 atom stereocenters.